The molecule has 34 heavy (non-hydrogen) atoms. The van der Waals surface area contributed by atoms with Crippen molar-refractivity contribution in [2.24, 2.45) is 10.2 Å². The van der Waals surface area contributed by atoms with Gasteiger partial charge >= 0.3 is 0 Å². The normalized spacial score (nSPS) is 18.8. The van der Waals surface area contributed by atoms with Gasteiger partial charge in [-0.05, 0) is 66.7 Å². The van der Waals surface area contributed by atoms with E-state index in [0.29, 0.717) is 26.9 Å². The van der Waals surface area contributed by atoms with E-state index in [0.717, 1.165) is 22.9 Å². The lowest BCUT2D eigenvalue weighted by atomic mass is 10.1. The number of aromatic hydroxyl groups is 1. The molecule has 0 radical (unpaired) electrons. The molecule has 3 aromatic rings. The van der Waals surface area contributed by atoms with E-state index in [1.165, 1.54) is 4.90 Å². The molecule has 0 unspecified atom stereocenters. The van der Waals surface area contributed by atoms with Gasteiger partial charge in [-0.25, -0.2) is 0 Å². The summed E-state index contributed by atoms with van der Waals surface area (Å²) in [4.78, 5) is 27.6. The highest BCUT2D eigenvalue weighted by Gasteiger charge is 2.36. The number of thioether (sulfide) groups is 1. The van der Waals surface area contributed by atoms with Gasteiger partial charge in [-0.2, -0.15) is 0 Å². The van der Waals surface area contributed by atoms with Crippen molar-refractivity contribution < 1.29 is 14.7 Å². The number of halogens is 1. The number of anilines is 2. The zero-order valence-electron chi connectivity index (χ0n) is 17.8. The van der Waals surface area contributed by atoms with Crippen LogP contribution in [0.2, 0.25) is 5.02 Å². The van der Waals surface area contributed by atoms with Gasteiger partial charge in [0, 0.05) is 5.56 Å². The molecule has 1 saturated heterocycles. The Morgan fingerprint density at radius 1 is 1.03 bits per heavy atom. The number of para-hydroxylation sites is 1. The molecule has 0 aromatic heterocycles. The van der Waals surface area contributed by atoms with Crippen molar-refractivity contribution in [2.45, 2.75) is 6.92 Å². The molecule has 9 heteroatoms. The van der Waals surface area contributed by atoms with E-state index in [-0.39, 0.29) is 28.4 Å². The smallest absolute Gasteiger partial charge is 0.276 e. The summed E-state index contributed by atoms with van der Waals surface area (Å²) in [6, 6.07) is 19.0. The number of aryl methyl sites for hydroxylation is 1. The predicted molar refractivity (Wildman–Crippen MR) is 136 cm³/mol. The highest BCUT2D eigenvalue weighted by molar-refractivity contribution is 8.19. The summed E-state index contributed by atoms with van der Waals surface area (Å²) in [7, 11) is 0. The lowest BCUT2D eigenvalue weighted by Crippen LogP contribution is -2.29. The van der Waals surface area contributed by atoms with Gasteiger partial charge in [0.1, 0.15) is 5.75 Å². The first-order valence-corrected chi connectivity index (χ1v) is 11.5. The highest BCUT2D eigenvalue weighted by atomic mass is 35.5. The Kier molecular flexibility index (Phi) is 5.69. The fourth-order valence-electron chi connectivity index (χ4n) is 3.57. The molecule has 0 saturated carbocycles. The molecule has 7 nitrogen and oxygen atoms in total. The summed E-state index contributed by atoms with van der Waals surface area (Å²) >= 11 is 7.52. The third-order valence-electron chi connectivity index (χ3n) is 5.22. The number of rotatable bonds is 3. The monoisotopic (exact) mass is 488 g/mol. The third kappa shape index (κ3) is 4.09. The summed E-state index contributed by atoms with van der Waals surface area (Å²) in [5, 5.41) is 21.5. The zero-order chi connectivity index (χ0) is 23.8. The van der Waals surface area contributed by atoms with Gasteiger partial charge in [-0.1, -0.05) is 47.5 Å². The standard InChI is InChI=1S/C25H17ClN4O3S/c1-14-6-11-19-17(12-14)22(23(32)27-19)28-29-25-30(20-5-3-2-4-18(20)26)24(33)21(34-25)13-15-7-9-16(31)10-8-15/h2-13,31H,1H3,(H,27,28,32). The van der Waals surface area contributed by atoms with Crippen molar-refractivity contribution in [3.63, 3.8) is 0 Å². The number of hydrogen-bond acceptors (Lipinski definition) is 6. The predicted octanol–water partition coefficient (Wildman–Crippen LogP) is 5.19. The molecule has 0 atom stereocenters. The molecular formula is C25H17ClN4O3S. The number of nitrogens with one attached hydrogen (secondary N) is 1. The lowest BCUT2D eigenvalue weighted by molar-refractivity contribution is -0.113. The van der Waals surface area contributed by atoms with Crippen LogP contribution in [0.4, 0.5) is 11.4 Å². The van der Waals surface area contributed by atoms with Crippen LogP contribution in [-0.2, 0) is 9.59 Å². The first kappa shape index (κ1) is 21.9. The number of phenols is 1. The maximum absolute atomic E-state index is 13.4. The number of fused-ring (bicyclic) bond motifs is 1. The van der Waals surface area contributed by atoms with Crippen LogP contribution < -0.4 is 10.2 Å². The van der Waals surface area contributed by atoms with Crippen LogP contribution in [0.5, 0.6) is 5.75 Å². The number of amides is 2. The van der Waals surface area contributed by atoms with E-state index in [2.05, 4.69) is 15.5 Å². The fourth-order valence-corrected chi connectivity index (χ4v) is 4.71. The number of nitrogens with zero attached hydrogens (tertiary/aromatic N) is 3. The van der Waals surface area contributed by atoms with E-state index in [9.17, 15) is 14.7 Å². The lowest BCUT2D eigenvalue weighted by Gasteiger charge is -2.16. The Bertz CT molecular complexity index is 1430. The minimum Gasteiger partial charge on any atom is -0.508 e. The summed E-state index contributed by atoms with van der Waals surface area (Å²) < 4.78 is 0. The molecule has 1 fully saturated rings. The van der Waals surface area contributed by atoms with Crippen LogP contribution in [0.15, 0.2) is 81.8 Å². The van der Waals surface area contributed by atoms with Gasteiger partial charge in [-0.15, -0.1) is 10.2 Å². The first-order valence-electron chi connectivity index (χ1n) is 10.3. The van der Waals surface area contributed by atoms with Gasteiger partial charge in [0.2, 0.25) is 5.17 Å². The summed E-state index contributed by atoms with van der Waals surface area (Å²) in [5.41, 5.74) is 3.68. The SMILES string of the molecule is Cc1ccc2c(c1)C(=NN=C1SC(=Cc3ccc(O)cc3)C(=O)N1c1ccccc1Cl)C(=O)N2. The molecule has 2 amide bonds. The summed E-state index contributed by atoms with van der Waals surface area (Å²) in [6.45, 7) is 1.93. The number of carbonyl (C=O) groups is 2. The molecule has 2 aliphatic rings. The molecule has 2 aliphatic heterocycles. The number of hydrogen-bond donors (Lipinski definition) is 2. The number of benzene rings is 3. The quantitative estimate of drug-likeness (QED) is 0.392. The van der Waals surface area contributed by atoms with E-state index >= 15 is 0 Å². The maximum atomic E-state index is 13.4. The van der Waals surface area contributed by atoms with E-state index < -0.39 is 0 Å². The van der Waals surface area contributed by atoms with Crippen LogP contribution in [0.1, 0.15) is 16.7 Å². The van der Waals surface area contributed by atoms with Crippen molar-refractivity contribution in [1.29, 1.82) is 0 Å². The van der Waals surface area contributed by atoms with Crippen molar-refractivity contribution in [1.82, 2.24) is 0 Å². The van der Waals surface area contributed by atoms with E-state index in [1.807, 2.05) is 25.1 Å². The Morgan fingerprint density at radius 3 is 2.56 bits per heavy atom. The highest BCUT2D eigenvalue weighted by Crippen LogP contribution is 2.39. The molecule has 5 rings (SSSR count). The fraction of sp³-hybridized carbons (Fsp3) is 0.0400. The number of amidine groups is 1. The maximum Gasteiger partial charge on any atom is 0.276 e. The van der Waals surface area contributed by atoms with Gasteiger partial charge in [0.15, 0.2) is 5.71 Å². The molecule has 2 N–H and O–H groups in total. The minimum absolute atomic E-state index is 0.133. The van der Waals surface area contributed by atoms with Crippen molar-refractivity contribution >= 4 is 63.5 Å². The first-order chi connectivity index (χ1) is 16.4. The zero-order valence-corrected chi connectivity index (χ0v) is 19.4. The minimum atomic E-state index is -0.358. The van der Waals surface area contributed by atoms with Crippen LogP contribution >= 0.6 is 23.4 Å². The van der Waals surface area contributed by atoms with Crippen molar-refractivity contribution in [3.05, 3.63) is 93.3 Å². The second-order valence-corrected chi connectivity index (χ2v) is 9.04. The second kappa shape index (κ2) is 8.81. The van der Waals surface area contributed by atoms with Gasteiger partial charge < -0.3 is 10.4 Å². The summed E-state index contributed by atoms with van der Waals surface area (Å²) in [5.74, 6) is -0.547. The van der Waals surface area contributed by atoms with E-state index in [1.54, 1.807) is 54.6 Å². The van der Waals surface area contributed by atoms with Crippen LogP contribution in [0.3, 0.4) is 0 Å². The molecule has 168 valence electrons. The van der Waals surface area contributed by atoms with Gasteiger partial charge in [-0.3, -0.25) is 14.5 Å². The molecule has 3 aromatic carbocycles. The topological polar surface area (TPSA) is 94.4 Å². The van der Waals surface area contributed by atoms with Crippen LogP contribution in [-0.4, -0.2) is 27.8 Å². The molecule has 0 spiro atoms. The van der Waals surface area contributed by atoms with Crippen molar-refractivity contribution in [2.75, 3.05) is 10.2 Å². The molecular weight excluding hydrogens is 472 g/mol. The second-order valence-electron chi connectivity index (χ2n) is 7.63. The average molecular weight is 489 g/mol. The molecule has 0 aliphatic carbocycles. The number of phenolic OH excluding ortho intramolecular Hbond substituents is 1. The summed E-state index contributed by atoms with van der Waals surface area (Å²) in [6.07, 6.45) is 1.70. The Morgan fingerprint density at radius 2 is 1.79 bits per heavy atom. The average Bonchev–Trinajstić information content (AvgIpc) is 3.29. The Balaban J connectivity index is 1.59. The van der Waals surface area contributed by atoms with Gasteiger partial charge in [0.25, 0.3) is 11.8 Å². The van der Waals surface area contributed by atoms with Gasteiger partial charge in [0.05, 0.1) is 21.3 Å². The molecule has 0 bridgehead atoms. The van der Waals surface area contributed by atoms with Crippen LogP contribution in [0, 0.1) is 6.92 Å². The Labute approximate surface area is 204 Å². The third-order valence-corrected chi connectivity index (χ3v) is 6.50. The largest absolute Gasteiger partial charge is 0.508 e. The van der Waals surface area contributed by atoms with Crippen LogP contribution in [0.25, 0.3) is 6.08 Å². The van der Waals surface area contributed by atoms with Crippen molar-refractivity contribution in [3.8, 4) is 5.75 Å². The number of carbonyl (C=O) groups excluding carboxylic acids is 2. The molecule has 2 heterocycles. The Hall–Kier alpha value is -3.88. The van der Waals surface area contributed by atoms with E-state index in [4.69, 9.17) is 11.6 Å².